The zero-order valence-electron chi connectivity index (χ0n) is 15.0. The molecule has 2 N–H and O–H groups in total. The molecule has 0 saturated heterocycles. The first-order chi connectivity index (χ1) is 14.1. The molecule has 1 heterocycles. The summed E-state index contributed by atoms with van der Waals surface area (Å²) >= 11 is 1.12. The number of carbonyl (C=O) groups is 1. The number of non-ortho nitro benzene ring substituents is 1. The summed E-state index contributed by atoms with van der Waals surface area (Å²) in [6, 6.07) is 10.2. The van der Waals surface area contributed by atoms with Crippen LogP contribution in [0.1, 0.15) is 11.1 Å². The predicted octanol–water partition coefficient (Wildman–Crippen LogP) is 4.66. The lowest BCUT2D eigenvalue weighted by Crippen LogP contribution is -2.36. The molecule has 0 aliphatic rings. The lowest BCUT2D eigenvalue weighted by atomic mass is 10.1. The number of aromatic nitrogens is 1. The van der Waals surface area contributed by atoms with Crippen LogP contribution in [0.3, 0.4) is 0 Å². The summed E-state index contributed by atoms with van der Waals surface area (Å²) in [6.07, 6.45) is -1.92. The third-order valence-corrected chi connectivity index (χ3v) is 4.81. The molecule has 0 aliphatic heterocycles. The van der Waals surface area contributed by atoms with E-state index in [0.29, 0.717) is 16.1 Å². The second-order valence-electron chi connectivity index (χ2n) is 5.98. The Bertz CT molecular complexity index is 1110. The quantitative estimate of drug-likeness (QED) is 0.207. The van der Waals surface area contributed by atoms with Crippen LogP contribution in [-0.4, -0.2) is 15.8 Å². The van der Waals surface area contributed by atoms with E-state index < -0.39 is 22.6 Å². The van der Waals surface area contributed by atoms with Crippen LogP contribution >= 0.6 is 11.3 Å². The van der Waals surface area contributed by atoms with Crippen LogP contribution in [0.4, 0.5) is 24.7 Å². The van der Waals surface area contributed by atoms with Crippen molar-refractivity contribution in [3.8, 4) is 10.6 Å². The fourth-order valence-electron chi connectivity index (χ4n) is 2.41. The summed E-state index contributed by atoms with van der Waals surface area (Å²) in [5.41, 5.74) is 0.00161. The van der Waals surface area contributed by atoms with E-state index in [9.17, 15) is 28.1 Å². The number of nitro benzene ring substituents is 1. The zero-order chi connectivity index (χ0) is 21.9. The molecule has 2 aromatic carbocycles. The molecule has 0 spiro atoms. The largest absolute Gasteiger partial charge is 0.416 e. The van der Waals surface area contributed by atoms with E-state index in [1.165, 1.54) is 41.8 Å². The van der Waals surface area contributed by atoms with Gasteiger partial charge in [0.2, 0.25) is 0 Å². The Balaban J connectivity index is 1.72. The van der Waals surface area contributed by atoms with Crippen molar-refractivity contribution >= 4 is 34.8 Å². The Kier molecular flexibility index (Phi) is 5.94. The number of alkyl halides is 3. The maximum absolute atomic E-state index is 12.7. The second kappa shape index (κ2) is 8.43. The van der Waals surface area contributed by atoms with Crippen LogP contribution in [-0.2, 0) is 11.0 Å². The van der Waals surface area contributed by atoms with Crippen molar-refractivity contribution in [3.63, 3.8) is 0 Å². The van der Waals surface area contributed by atoms with E-state index in [0.717, 1.165) is 34.6 Å². The number of hydrogen-bond acceptors (Lipinski definition) is 6. The van der Waals surface area contributed by atoms with Crippen molar-refractivity contribution in [1.29, 1.82) is 0 Å². The maximum Gasteiger partial charge on any atom is 0.416 e. The van der Waals surface area contributed by atoms with Crippen molar-refractivity contribution in [3.05, 3.63) is 81.2 Å². The summed E-state index contributed by atoms with van der Waals surface area (Å²) in [6.45, 7) is 0. The van der Waals surface area contributed by atoms with Gasteiger partial charge in [0.15, 0.2) is 5.82 Å². The number of halogens is 3. The molecule has 0 unspecified atom stereocenters. The summed E-state index contributed by atoms with van der Waals surface area (Å²) in [4.78, 5) is 26.7. The fourth-order valence-corrected chi connectivity index (χ4v) is 3.21. The Morgan fingerprint density at radius 2 is 1.90 bits per heavy atom. The van der Waals surface area contributed by atoms with Gasteiger partial charge in [0, 0.05) is 29.2 Å². The fraction of sp³-hybridized carbons (Fsp3) is 0.0526. The first-order valence-corrected chi connectivity index (χ1v) is 9.17. The summed E-state index contributed by atoms with van der Waals surface area (Å²) in [5.74, 6) is 5.25. The first-order valence-electron chi connectivity index (χ1n) is 8.29. The van der Waals surface area contributed by atoms with Gasteiger partial charge in [0.25, 0.3) is 11.6 Å². The van der Waals surface area contributed by atoms with Crippen molar-refractivity contribution in [2.75, 3.05) is 5.01 Å². The average molecular weight is 434 g/mol. The SMILES string of the molecule is NN(C(=O)C=Cc1cccc([N+](=O)[O-])c1)c1csc(-c2ccc(C(F)(F)F)cc2)n1. The van der Waals surface area contributed by atoms with Crippen LogP contribution in [0, 0.1) is 10.1 Å². The van der Waals surface area contributed by atoms with E-state index in [2.05, 4.69) is 4.98 Å². The van der Waals surface area contributed by atoms with Crippen LogP contribution < -0.4 is 10.9 Å². The lowest BCUT2D eigenvalue weighted by molar-refractivity contribution is -0.384. The number of carbonyl (C=O) groups excluding carboxylic acids is 1. The monoisotopic (exact) mass is 434 g/mol. The van der Waals surface area contributed by atoms with Crippen LogP contribution in [0.25, 0.3) is 16.6 Å². The number of thiazole rings is 1. The van der Waals surface area contributed by atoms with E-state index in [1.807, 2.05) is 0 Å². The normalized spacial score (nSPS) is 11.6. The highest BCUT2D eigenvalue weighted by Gasteiger charge is 2.30. The summed E-state index contributed by atoms with van der Waals surface area (Å²) < 4.78 is 38.0. The third-order valence-electron chi connectivity index (χ3n) is 3.93. The number of nitrogens with zero attached hydrogens (tertiary/aromatic N) is 3. The molecule has 30 heavy (non-hydrogen) atoms. The van der Waals surface area contributed by atoms with E-state index in [1.54, 1.807) is 6.07 Å². The molecule has 0 saturated carbocycles. The minimum Gasteiger partial charge on any atom is -0.268 e. The molecule has 0 atom stereocenters. The molecule has 0 radical (unpaired) electrons. The van der Waals surface area contributed by atoms with E-state index in [4.69, 9.17) is 5.84 Å². The Hall–Kier alpha value is -3.57. The molecule has 1 amide bonds. The highest BCUT2D eigenvalue weighted by molar-refractivity contribution is 7.13. The molecule has 0 aliphatic carbocycles. The summed E-state index contributed by atoms with van der Waals surface area (Å²) in [7, 11) is 0. The second-order valence-corrected chi connectivity index (χ2v) is 6.84. The molecule has 3 aromatic rings. The van der Waals surface area contributed by atoms with Gasteiger partial charge in [-0.25, -0.2) is 15.8 Å². The van der Waals surface area contributed by atoms with Crippen LogP contribution in [0.5, 0.6) is 0 Å². The van der Waals surface area contributed by atoms with Gasteiger partial charge in [-0.1, -0.05) is 24.3 Å². The Morgan fingerprint density at radius 3 is 2.53 bits per heavy atom. The standard InChI is InChI=1S/C19H13F3N4O3S/c20-19(21,22)14-7-5-13(6-8-14)18-24-16(11-30-18)25(23)17(27)9-4-12-2-1-3-15(10-12)26(28)29/h1-11H,23H2. The lowest BCUT2D eigenvalue weighted by Gasteiger charge is -2.10. The Labute approximate surface area is 172 Å². The van der Waals surface area contributed by atoms with Gasteiger partial charge in [0.1, 0.15) is 5.01 Å². The molecule has 7 nitrogen and oxygen atoms in total. The summed E-state index contributed by atoms with van der Waals surface area (Å²) in [5, 5.41) is 13.5. The average Bonchev–Trinajstić information content (AvgIpc) is 3.21. The van der Waals surface area contributed by atoms with Gasteiger partial charge >= 0.3 is 6.18 Å². The van der Waals surface area contributed by atoms with Gasteiger partial charge in [-0.05, 0) is 23.8 Å². The van der Waals surface area contributed by atoms with Crippen molar-refractivity contribution < 1.29 is 22.9 Å². The number of benzene rings is 2. The molecule has 154 valence electrons. The highest BCUT2D eigenvalue weighted by atomic mass is 32.1. The maximum atomic E-state index is 12.7. The van der Waals surface area contributed by atoms with Crippen molar-refractivity contribution in [2.45, 2.75) is 6.18 Å². The third kappa shape index (κ3) is 4.88. The number of rotatable bonds is 5. The van der Waals surface area contributed by atoms with Crippen molar-refractivity contribution in [1.82, 2.24) is 4.98 Å². The topological polar surface area (TPSA) is 102 Å². The molecule has 11 heteroatoms. The van der Waals surface area contributed by atoms with Gasteiger partial charge in [-0.3, -0.25) is 14.9 Å². The van der Waals surface area contributed by atoms with E-state index >= 15 is 0 Å². The molecule has 0 bridgehead atoms. The number of hydrazine groups is 1. The number of nitro groups is 1. The first kappa shape index (κ1) is 21.1. The number of anilines is 1. The van der Waals surface area contributed by atoms with Gasteiger partial charge in [0.05, 0.1) is 10.5 Å². The molecule has 1 aromatic heterocycles. The smallest absolute Gasteiger partial charge is 0.268 e. The van der Waals surface area contributed by atoms with Crippen molar-refractivity contribution in [2.24, 2.45) is 5.84 Å². The number of nitrogens with two attached hydrogens (primary N) is 1. The minimum atomic E-state index is -4.43. The van der Waals surface area contributed by atoms with Gasteiger partial charge in [-0.15, -0.1) is 11.3 Å². The number of hydrogen-bond donors (Lipinski definition) is 1. The molecular formula is C19H13F3N4O3S. The van der Waals surface area contributed by atoms with Gasteiger partial charge in [-0.2, -0.15) is 13.2 Å². The highest BCUT2D eigenvalue weighted by Crippen LogP contribution is 2.32. The molecular weight excluding hydrogens is 421 g/mol. The predicted molar refractivity (Wildman–Crippen MR) is 106 cm³/mol. The van der Waals surface area contributed by atoms with E-state index in [-0.39, 0.29) is 11.5 Å². The zero-order valence-corrected chi connectivity index (χ0v) is 15.9. The van der Waals surface area contributed by atoms with Gasteiger partial charge < -0.3 is 0 Å². The Morgan fingerprint density at radius 1 is 1.20 bits per heavy atom. The van der Waals surface area contributed by atoms with Crippen LogP contribution in [0.2, 0.25) is 0 Å². The minimum absolute atomic E-state index is 0.114. The number of amides is 1. The van der Waals surface area contributed by atoms with Crippen LogP contribution in [0.15, 0.2) is 60.0 Å². The molecule has 3 rings (SSSR count). The molecule has 0 fully saturated rings.